The molecule has 1 N–H and O–H groups in total. The highest BCUT2D eigenvalue weighted by Gasteiger charge is 2.32. The average molecular weight is 258 g/mol. The van der Waals surface area contributed by atoms with E-state index in [0.717, 1.165) is 17.9 Å². The molecule has 2 nitrogen and oxygen atoms in total. The number of nitrogens with zero attached hydrogens (tertiary/aromatic N) is 1. The van der Waals surface area contributed by atoms with Crippen LogP contribution in [0.1, 0.15) is 63.5 Å². The van der Waals surface area contributed by atoms with Crippen LogP contribution in [0.5, 0.6) is 0 Å². The highest BCUT2D eigenvalue weighted by Crippen LogP contribution is 2.40. The molecule has 2 fully saturated rings. The summed E-state index contributed by atoms with van der Waals surface area (Å²) in [7, 11) is 0. The molecule has 2 saturated carbocycles. The van der Waals surface area contributed by atoms with Crippen LogP contribution in [0, 0.1) is 11.8 Å². The number of hydrogen-bond donors (Lipinski definition) is 1. The van der Waals surface area contributed by atoms with Gasteiger partial charge in [-0.15, -0.1) is 0 Å². The first kappa shape index (κ1) is 13.1. The van der Waals surface area contributed by atoms with Gasteiger partial charge in [0, 0.05) is 24.5 Å². The Bertz CT molecular complexity index is 390. The first-order chi connectivity index (χ1) is 9.33. The zero-order valence-electron chi connectivity index (χ0n) is 12.0. The van der Waals surface area contributed by atoms with E-state index in [9.17, 15) is 0 Å². The lowest BCUT2D eigenvalue weighted by Crippen LogP contribution is -2.39. The van der Waals surface area contributed by atoms with Crippen LogP contribution in [0.15, 0.2) is 24.5 Å². The van der Waals surface area contributed by atoms with E-state index in [1.165, 1.54) is 50.5 Å². The number of fused-ring (bicyclic) bond motifs is 1. The molecule has 0 spiro atoms. The van der Waals surface area contributed by atoms with Crippen LogP contribution in [-0.4, -0.2) is 11.0 Å². The summed E-state index contributed by atoms with van der Waals surface area (Å²) in [6.45, 7) is 2.27. The molecule has 0 bridgehead atoms. The molecule has 1 aromatic rings. The molecule has 3 unspecified atom stereocenters. The Morgan fingerprint density at radius 2 is 2.00 bits per heavy atom. The van der Waals surface area contributed by atoms with Crippen molar-refractivity contribution in [2.75, 3.05) is 0 Å². The molecule has 4 atom stereocenters. The number of rotatable bonds is 3. The molecule has 0 aromatic carbocycles. The quantitative estimate of drug-likeness (QED) is 0.883. The second-order valence-electron chi connectivity index (χ2n) is 6.49. The number of pyridine rings is 1. The molecule has 1 aromatic heterocycles. The summed E-state index contributed by atoms with van der Waals surface area (Å²) in [6, 6.07) is 5.36. The molecule has 2 aliphatic carbocycles. The van der Waals surface area contributed by atoms with Crippen molar-refractivity contribution >= 4 is 0 Å². The van der Waals surface area contributed by atoms with Crippen molar-refractivity contribution in [2.45, 2.75) is 64.0 Å². The summed E-state index contributed by atoms with van der Waals surface area (Å²) in [5.74, 6) is 2.04. The molecule has 19 heavy (non-hydrogen) atoms. The molecule has 0 amide bonds. The van der Waals surface area contributed by atoms with Crippen LogP contribution >= 0.6 is 0 Å². The van der Waals surface area contributed by atoms with E-state index in [1.807, 2.05) is 18.5 Å². The van der Waals surface area contributed by atoms with Crippen molar-refractivity contribution in [3.8, 4) is 0 Å². The summed E-state index contributed by atoms with van der Waals surface area (Å²) in [5, 5.41) is 3.83. The highest BCUT2D eigenvalue weighted by atomic mass is 14.9. The van der Waals surface area contributed by atoms with Crippen LogP contribution < -0.4 is 5.32 Å². The maximum Gasteiger partial charge on any atom is 0.0315 e. The molecule has 3 rings (SSSR count). The molecular formula is C17H26N2. The van der Waals surface area contributed by atoms with Crippen molar-refractivity contribution in [1.29, 1.82) is 0 Å². The third kappa shape index (κ3) is 3.17. The Morgan fingerprint density at radius 1 is 1.16 bits per heavy atom. The van der Waals surface area contributed by atoms with Crippen molar-refractivity contribution in [2.24, 2.45) is 11.8 Å². The Balaban J connectivity index is 1.56. The topological polar surface area (TPSA) is 24.9 Å². The van der Waals surface area contributed by atoms with Gasteiger partial charge in [0.1, 0.15) is 0 Å². The zero-order valence-corrected chi connectivity index (χ0v) is 12.0. The Labute approximate surface area is 117 Å². The van der Waals surface area contributed by atoms with Gasteiger partial charge in [0.15, 0.2) is 0 Å². The van der Waals surface area contributed by atoms with Gasteiger partial charge in [0.25, 0.3) is 0 Å². The van der Waals surface area contributed by atoms with Gasteiger partial charge in [-0.3, -0.25) is 4.98 Å². The third-order valence-electron chi connectivity index (χ3n) is 5.21. The van der Waals surface area contributed by atoms with Crippen molar-refractivity contribution in [1.82, 2.24) is 10.3 Å². The maximum atomic E-state index is 4.22. The summed E-state index contributed by atoms with van der Waals surface area (Å²) >= 11 is 0. The summed E-state index contributed by atoms with van der Waals surface area (Å²) < 4.78 is 0. The van der Waals surface area contributed by atoms with E-state index in [0.29, 0.717) is 6.04 Å². The fraction of sp³-hybridized carbons (Fsp3) is 0.706. The van der Waals surface area contributed by atoms with Crippen LogP contribution in [-0.2, 0) is 0 Å². The number of hydrogen-bond acceptors (Lipinski definition) is 2. The lowest BCUT2D eigenvalue weighted by Gasteiger charge is -2.40. The second kappa shape index (κ2) is 6.04. The fourth-order valence-electron chi connectivity index (χ4n) is 4.11. The Hall–Kier alpha value is -0.890. The van der Waals surface area contributed by atoms with Crippen molar-refractivity contribution < 1.29 is 0 Å². The van der Waals surface area contributed by atoms with Gasteiger partial charge < -0.3 is 5.32 Å². The van der Waals surface area contributed by atoms with Gasteiger partial charge in [-0.1, -0.05) is 31.7 Å². The largest absolute Gasteiger partial charge is 0.307 e. The minimum atomic E-state index is 0.429. The Morgan fingerprint density at radius 3 is 2.79 bits per heavy atom. The first-order valence-corrected chi connectivity index (χ1v) is 7.99. The lowest BCUT2D eigenvalue weighted by atomic mass is 9.69. The standard InChI is InChI=1S/C17H26N2/c1-13(16-7-4-10-18-12-16)19-17-9-8-14-5-2-3-6-15(14)11-17/h4,7,10,12-15,17,19H,2-3,5-6,8-9,11H2,1H3/t13-,14?,15?,17?/m1/s1. The minimum Gasteiger partial charge on any atom is -0.307 e. The molecule has 0 aliphatic heterocycles. The van der Waals surface area contributed by atoms with E-state index in [4.69, 9.17) is 0 Å². The van der Waals surface area contributed by atoms with E-state index in [2.05, 4.69) is 23.3 Å². The molecule has 2 aliphatic rings. The molecule has 1 heterocycles. The van der Waals surface area contributed by atoms with Gasteiger partial charge in [0.05, 0.1) is 0 Å². The second-order valence-corrected chi connectivity index (χ2v) is 6.49. The van der Waals surface area contributed by atoms with Crippen molar-refractivity contribution in [3.63, 3.8) is 0 Å². The van der Waals surface area contributed by atoms with Crippen molar-refractivity contribution in [3.05, 3.63) is 30.1 Å². The van der Waals surface area contributed by atoms with Gasteiger partial charge in [-0.05, 0) is 49.7 Å². The van der Waals surface area contributed by atoms with E-state index in [1.54, 1.807) is 0 Å². The maximum absolute atomic E-state index is 4.22. The molecule has 104 valence electrons. The predicted molar refractivity (Wildman–Crippen MR) is 78.9 cm³/mol. The van der Waals surface area contributed by atoms with Crippen LogP contribution in [0.2, 0.25) is 0 Å². The Kier molecular flexibility index (Phi) is 4.17. The van der Waals surface area contributed by atoms with Gasteiger partial charge >= 0.3 is 0 Å². The summed E-state index contributed by atoms with van der Waals surface area (Å²) in [4.78, 5) is 4.22. The van der Waals surface area contributed by atoms with E-state index >= 15 is 0 Å². The van der Waals surface area contributed by atoms with Crippen LogP contribution in [0.25, 0.3) is 0 Å². The summed E-state index contributed by atoms with van der Waals surface area (Å²) in [5.41, 5.74) is 1.31. The molecular weight excluding hydrogens is 232 g/mol. The highest BCUT2D eigenvalue weighted by molar-refractivity contribution is 5.13. The van der Waals surface area contributed by atoms with Gasteiger partial charge in [0.2, 0.25) is 0 Å². The fourth-order valence-corrected chi connectivity index (χ4v) is 4.11. The minimum absolute atomic E-state index is 0.429. The molecule has 2 heteroatoms. The third-order valence-corrected chi connectivity index (χ3v) is 5.21. The smallest absolute Gasteiger partial charge is 0.0315 e. The summed E-state index contributed by atoms with van der Waals surface area (Å²) in [6.07, 6.45) is 14.0. The van der Waals surface area contributed by atoms with Gasteiger partial charge in [-0.25, -0.2) is 0 Å². The SMILES string of the molecule is C[C@@H](NC1CCC2CCCCC2C1)c1cccnc1. The van der Waals surface area contributed by atoms with E-state index in [-0.39, 0.29) is 0 Å². The van der Waals surface area contributed by atoms with Gasteiger partial charge in [-0.2, -0.15) is 0 Å². The predicted octanol–water partition coefficient (Wildman–Crippen LogP) is 4.09. The lowest BCUT2D eigenvalue weighted by molar-refractivity contribution is 0.139. The number of aromatic nitrogens is 1. The van der Waals surface area contributed by atoms with E-state index < -0.39 is 0 Å². The molecule has 0 saturated heterocycles. The monoisotopic (exact) mass is 258 g/mol. The molecule has 0 radical (unpaired) electrons. The van der Waals surface area contributed by atoms with Crippen LogP contribution in [0.4, 0.5) is 0 Å². The van der Waals surface area contributed by atoms with Crippen LogP contribution in [0.3, 0.4) is 0 Å². The first-order valence-electron chi connectivity index (χ1n) is 7.99. The normalized spacial score (nSPS) is 32.6. The zero-order chi connectivity index (χ0) is 13.1. The number of nitrogens with one attached hydrogen (secondary N) is 1. The average Bonchev–Trinajstić information content (AvgIpc) is 2.48.